The molecular formula is C17H17N5O3S. The van der Waals surface area contributed by atoms with Crippen LogP contribution in [0.2, 0.25) is 0 Å². The number of thioether (sulfide) groups is 1. The van der Waals surface area contributed by atoms with Gasteiger partial charge in [-0.25, -0.2) is 4.79 Å². The van der Waals surface area contributed by atoms with E-state index in [-0.39, 0.29) is 5.75 Å². The fourth-order valence-corrected chi connectivity index (χ4v) is 3.16. The van der Waals surface area contributed by atoms with Gasteiger partial charge < -0.3 is 10.2 Å². The Morgan fingerprint density at radius 1 is 1.23 bits per heavy atom. The minimum atomic E-state index is -0.879. The van der Waals surface area contributed by atoms with Gasteiger partial charge in [-0.2, -0.15) is 0 Å². The quantitative estimate of drug-likeness (QED) is 0.642. The first kappa shape index (κ1) is 17.7. The van der Waals surface area contributed by atoms with E-state index < -0.39 is 11.9 Å². The van der Waals surface area contributed by atoms with E-state index in [0.717, 1.165) is 16.9 Å². The Labute approximate surface area is 153 Å². The Balaban J connectivity index is 1.89. The van der Waals surface area contributed by atoms with Crippen molar-refractivity contribution in [3.05, 3.63) is 54.0 Å². The first-order valence-corrected chi connectivity index (χ1v) is 8.77. The van der Waals surface area contributed by atoms with Crippen LogP contribution >= 0.6 is 11.8 Å². The molecule has 0 aliphatic rings. The number of nitrogens with zero attached hydrogens (tertiary/aromatic N) is 3. The summed E-state index contributed by atoms with van der Waals surface area (Å²) >= 11 is 1.18. The number of imide groups is 1. The summed E-state index contributed by atoms with van der Waals surface area (Å²) < 4.78 is 7.28. The van der Waals surface area contributed by atoms with Crippen LogP contribution in [0.15, 0.2) is 52.2 Å². The maximum absolute atomic E-state index is 11.7. The lowest BCUT2D eigenvalue weighted by molar-refractivity contribution is -0.117. The third kappa shape index (κ3) is 4.12. The van der Waals surface area contributed by atoms with Crippen molar-refractivity contribution in [3.8, 4) is 11.4 Å². The third-order valence-electron chi connectivity index (χ3n) is 3.60. The van der Waals surface area contributed by atoms with Gasteiger partial charge in [-0.15, -0.1) is 10.2 Å². The molecule has 134 valence electrons. The van der Waals surface area contributed by atoms with Crippen molar-refractivity contribution < 1.29 is 14.0 Å². The summed E-state index contributed by atoms with van der Waals surface area (Å²) in [7, 11) is 0. The number of aryl methyl sites for hydroxylation is 1. The van der Waals surface area contributed by atoms with Gasteiger partial charge in [0, 0.05) is 0 Å². The van der Waals surface area contributed by atoms with Crippen molar-refractivity contribution in [3.63, 3.8) is 0 Å². The van der Waals surface area contributed by atoms with Gasteiger partial charge in [-0.1, -0.05) is 42.1 Å². The van der Waals surface area contributed by atoms with Crippen molar-refractivity contribution in [1.29, 1.82) is 0 Å². The van der Waals surface area contributed by atoms with E-state index in [4.69, 9.17) is 10.2 Å². The molecule has 0 unspecified atom stereocenters. The number of hydrogen-bond acceptors (Lipinski definition) is 6. The molecule has 0 saturated carbocycles. The second-order valence-electron chi connectivity index (χ2n) is 5.47. The van der Waals surface area contributed by atoms with Gasteiger partial charge in [0.1, 0.15) is 5.76 Å². The van der Waals surface area contributed by atoms with Crippen LogP contribution in [0.3, 0.4) is 0 Å². The summed E-state index contributed by atoms with van der Waals surface area (Å²) in [4.78, 5) is 22.4. The molecule has 3 amide bonds. The Kier molecular flexibility index (Phi) is 5.37. The van der Waals surface area contributed by atoms with E-state index in [1.807, 2.05) is 53.2 Å². The minimum Gasteiger partial charge on any atom is -0.469 e. The molecule has 3 rings (SSSR count). The first-order chi connectivity index (χ1) is 12.5. The van der Waals surface area contributed by atoms with Crippen molar-refractivity contribution in [1.82, 2.24) is 20.1 Å². The molecule has 0 aliphatic carbocycles. The highest BCUT2D eigenvalue weighted by Gasteiger charge is 2.18. The predicted octanol–water partition coefficient (Wildman–Crippen LogP) is 2.18. The molecule has 2 heterocycles. The van der Waals surface area contributed by atoms with Crippen LogP contribution in [0, 0.1) is 6.92 Å². The second-order valence-corrected chi connectivity index (χ2v) is 6.41. The molecule has 1 aromatic carbocycles. The highest BCUT2D eigenvalue weighted by Crippen LogP contribution is 2.27. The van der Waals surface area contributed by atoms with Crippen molar-refractivity contribution in [2.45, 2.75) is 18.6 Å². The predicted molar refractivity (Wildman–Crippen MR) is 96.5 cm³/mol. The standard InChI is InChI=1S/C17H17N5O3S/c1-11-13(7-8-25-11)15-20-21-17(26-10-14(23)19-16(18)24)22(15)9-12-5-3-2-4-6-12/h2-8H,9-10H2,1H3,(H3,18,19,23,24). The number of aromatic nitrogens is 3. The number of amides is 3. The van der Waals surface area contributed by atoms with Gasteiger partial charge >= 0.3 is 6.03 Å². The molecule has 0 spiro atoms. The smallest absolute Gasteiger partial charge is 0.318 e. The number of carbonyl (C=O) groups is 2. The van der Waals surface area contributed by atoms with Gasteiger partial charge in [0.25, 0.3) is 0 Å². The van der Waals surface area contributed by atoms with Crippen molar-refractivity contribution in [2.24, 2.45) is 5.73 Å². The summed E-state index contributed by atoms with van der Waals surface area (Å²) in [5.41, 5.74) is 6.86. The third-order valence-corrected chi connectivity index (χ3v) is 4.56. The van der Waals surface area contributed by atoms with E-state index in [9.17, 15) is 9.59 Å². The topological polar surface area (TPSA) is 116 Å². The number of rotatable bonds is 6. The molecule has 0 aliphatic heterocycles. The zero-order valence-corrected chi connectivity index (χ0v) is 14.8. The Morgan fingerprint density at radius 3 is 2.65 bits per heavy atom. The molecule has 0 radical (unpaired) electrons. The van der Waals surface area contributed by atoms with E-state index in [0.29, 0.717) is 17.5 Å². The van der Waals surface area contributed by atoms with Crippen LogP contribution in [-0.4, -0.2) is 32.5 Å². The molecule has 3 N–H and O–H groups in total. The number of nitrogens with two attached hydrogens (primary N) is 1. The van der Waals surface area contributed by atoms with Crippen LogP contribution in [0.4, 0.5) is 4.79 Å². The lowest BCUT2D eigenvalue weighted by Crippen LogP contribution is -2.36. The summed E-state index contributed by atoms with van der Waals surface area (Å²) in [6, 6.07) is 10.8. The van der Waals surface area contributed by atoms with Crippen LogP contribution in [0.25, 0.3) is 11.4 Å². The summed E-state index contributed by atoms with van der Waals surface area (Å²) in [5.74, 6) is 0.894. The Morgan fingerprint density at radius 2 is 2.00 bits per heavy atom. The van der Waals surface area contributed by atoms with Gasteiger partial charge in [-0.3, -0.25) is 14.7 Å². The number of carbonyl (C=O) groups excluding carboxylic acids is 2. The molecule has 0 bridgehead atoms. The molecule has 26 heavy (non-hydrogen) atoms. The molecule has 0 saturated heterocycles. The molecule has 8 nitrogen and oxygen atoms in total. The van der Waals surface area contributed by atoms with Gasteiger partial charge in [0.15, 0.2) is 11.0 Å². The zero-order chi connectivity index (χ0) is 18.5. The number of hydrogen-bond donors (Lipinski definition) is 2. The highest BCUT2D eigenvalue weighted by molar-refractivity contribution is 7.99. The maximum Gasteiger partial charge on any atom is 0.318 e. The van der Waals surface area contributed by atoms with E-state index in [2.05, 4.69) is 10.2 Å². The normalized spacial score (nSPS) is 10.7. The maximum atomic E-state index is 11.7. The lowest BCUT2D eigenvalue weighted by atomic mass is 10.2. The molecule has 0 atom stereocenters. The summed E-state index contributed by atoms with van der Waals surface area (Å²) in [6.45, 7) is 2.39. The van der Waals surface area contributed by atoms with Crippen LogP contribution in [-0.2, 0) is 11.3 Å². The number of benzene rings is 1. The van der Waals surface area contributed by atoms with E-state index in [1.54, 1.807) is 6.26 Å². The van der Waals surface area contributed by atoms with Crippen LogP contribution in [0.5, 0.6) is 0 Å². The SMILES string of the molecule is Cc1occc1-c1nnc(SCC(=O)NC(N)=O)n1Cc1ccccc1. The number of nitrogens with one attached hydrogen (secondary N) is 1. The average molecular weight is 371 g/mol. The zero-order valence-electron chi connectivity index (χ0n) is 14.0. The van der Waals surface area contributed by atoms with Gasteiger partial charge in [0.05, 0.1) is 24.1 Å². The molecule has 0 fully saturated rings. The summed E-state index contributed by atoms with van der Waals surface area (Å²) in [5, 5.41) is 11.1. The number of primary amides is 1. The fourth-order valence-electron chi connectivity index (χ4n) is 2.42. The molecule has 3 aromatic rings. The van der Waals surface area contributed by atoms with Crippen LogP contribution < -0.4 is 11.1 Å². The summed E-state index contributed by atoms with van der Waals surface area (Å²) in [6.07, 6.45) is 1.60. The Hall–Kier alpha value is -3.07. The average Bonchev–Trinajstić information content (AvgIpc) is 3.19. The fraction of sp³-hybridized carbons (Fsp3) is 0.176. The first-order valence-electron chi connectivity index (χ1n) is 7.78. The van der Waals surface area contributed by atoms with E-state index in [1.165, 1.54) is 11.8 Å². The Bertz CT molecular complexity index is 920. The van der Waals surface area contributed by atoms with Crippen molar-refractivity contribution >= 4 is 23.7 Å². The molecule has 9 heteroatoms. The van der Waals surface area contributed by atoms with Crippen LogP contribution in [0.1, 0.15) is 11.3 Å². The largest absolute Gasteiger partial charge is 0.469 e. The minimum absolute atomic E-state index is 0.000230. The number of urea groups is 1. The lowest BCUT2D eigenvalue weighted by Gasteiger charge is -2.10. The highest BCUT2D eigenvalue weighted by atomic mass is 32.2. The van der Waals surface area contributed by atoms with Crippen molar-refractivity contribution in [2.75, 3.05) is 5.75 Å². The molecule has 2 aromatic heterocycles. The van der Waals surface area contributed by atoms with Gasteiger partial charge in [0.2, 0.25) is 5.91 Å². The molecular weight excluding hydrogens is 354 g/mol. The monoisotopic (exact) mass is 371 g/mol. The second kappa shape index (κ2) is 7.87. The van der Waals surface area contributed by atoms with E-state index >= 15 is 0 Å². The van der Waals surface area contributed by atoms with Gasteiger partial charge in [-0.05, 0) is 18.6 Å². The number of furan rings is 1.